The number of piperidine rings is 1. The summed E-state index contributed by atoms with van der Waals surface area (Å²) < 4.78 is 7.90. The highest BCUT2D eigenvalue weighted by Gasteiger charge is 2.22. The molecule has 138 valence electrons. The smallest absolute Gasteiger partial charge is 0.194 e. The highest BCUT2D eigenvalue weighted by atomic mass is 16.3. The molecule has 1 aliphatic rings. The minimum absolute atomic E-state index is 0.0369. The maximum absolute atomic E-state index is 9.32. The normalized spacial score (nSPS) is 17.3. The van der Waals surface area contributed by atoms with Gasteiger partial charge in [0.2, 0.25) is 0 Å². The SMILES string of the molecule is CC(C)Cc1nc(-c2ccc(C(C)N3CCCCC3)o2)n(CCO)n1. The van der Waals surface area contributed by atoms with Crippen LogP contribution in [0.1, 0.15) is 57.7 Å². The molecular weight excluding hydrogens is 316 g/mol. The Morgan fingerprint density at radius 3 is 2.60 bits per heavy atom. The molecule has 25 heavy (non-hydrogen) atoms. The molecule has 6 heteroatoms. The van der Waals surface area contributed by atoms with Crippen molar-refractivity contribution >= 4 is 0 Å². The van der Waals surface area contributed by atoms with Gasteiger partial charge in [-0.1, -0.05) is 20.3 Å². The zero-order valence-corrected chi connectivity index (χ0v) is 15.6. The molecule has 1 saturated heterocycles. The second-order valence-corrected chi connectivity index (χ2v) is 7.37. The number of likely N-dealkylation sites (tertiary alicyclic amines) is 1. The Kier molecular flexibility index (Phi) is 5.91. The van der Waals surface area contributed by atoms with Crippen molar-refractivity contribution in [3.05, 3.63) is 23.7 Å². The highest BCUT2D eigenvalue weighted by molar-refractivity contribution is 5.47. The maximum atomic E-state index is 9.32. The van der Waals surface area contributed by atoms with Crippen LogP contribution in [0.25, 0.3) is 11.6 Å². The first-order chi connectivity index (χ1) is 12.1. The van der Waals surface area contributed by atoms with Crippen molar-refractivity contribution in [1.29, 1.82) is 0 Å². The largest absolute Gasteiger partial charge is 0.456 e. The predicted molar refractivity (Wildman–Crippen MR) is 97.2 cm³/mol. The van der Waals surface area contributed by atoms with E-state index in [1.807, 2.05) is 6.07 Å². The lowest BCUT2D eigenvalue weighted by Crippen LogP contribution is -2.32. The van der Waals surface area contributed by atoms with Crippen molar-refractivity contribution < 1.29 is 9.52 Å². The van der Waals surface area contributed by atoms with Crippen molar-refractivity contribution in [2.75, 3.05) is 19.7 Å². The Hall–Kier alpha value is -1.66. The molecule has 1 fully saturated rings. The van der Waals surface area contributed by atoms with E-state index in [0.717, 1.165) is 36.9 Å². The molecule has 2 aromatic rings. The zero-order valence-electron chi connectivity index (χ0n) is 15.6. The average Bonchev–Trinajstić information content (AvgIpc) is 3.22. The van der Waals surface area contributed by atoms with Gasteiger partial charge in [-0.3, -0.25) is 4.90 Å². The summed E-state index contributed by atoms with van der Waals surface area (Å²) in [5.41, 5.74) is 0. The molecule has 0 spiro atoms. The van der Waals surface area contributed by atoms with Gasteiger partial charge in [0.05, 0.1) is 19.2 Å². The van der Waals surface area contributed by atoms with E-state index < -0.39 is 0 Å². The van der Waals surface area contributed by atoms with Crippen molar-refractivity contribution in [2.24, 2.45) is 5.92 Å². The average molecular weight is 346 g/mol. The van der Waals surface area contributed by atoms with Gasteiger partial charge in [0.15, 0.2) is 17.4 Å². The molecule has 2 aromatic heterocycles. The first-order valence-corrected chi connectivity index (χ1v) is 9.47. The first kappa shape index (κ1) is 18.1. The Balaban J connectivity index is 1.81. The van der Waals surface area contributed by atoms with Crippen LogP contribution in [0.2, 0.25) is 0 Å². The molecule has 3 heterocycles. The van der Waals surface area contributed by atoms with Gasteiger partial charge in [-0.25, -0.2) is 9.67 Å². The number of hydrogen-bond donors (Lipinski definition) is 1. The minimum atomic E-state index is 0.0369. The lowest BCUT2D eigenvalue weighted by Gasteiger charge is -2.31. The van der Waals surface area contributed by atoms with Gasteiger partial charge in [0.25, 0.3) is 0 Å². The lowest BCUT2D eigenvalue weighted by molar-refractivity contribution is 0.158. The van der Waals surface area contributed by atoms with Crippen LogP contribution in [0.4, 0.5) is 0 Å². The molecule has 0 radical (unpaired) electrons. The second-order valence-electron chi connectivity index (χ2n) is 7.37. The fourth-order valence-corrected chi connectivity index (χ4v) is 3.46. The fourth-order valence-electron chi connectivity index (χ4n) is 3.46. The van der Waals surface area contributed by atoms with Gasteiger partial charge in [-0.15, -0.1) is 0 Å². The van der Waals surface area contributed by atoms with Crippen LogP contribution >= 0.6 is 0 Å². The molecule has 0 aliphatic carbocycles. The van der Waals surface area contributed by atoms with Crippen LogP contribution in [0, 0.1) is 5.92 Å². The van der Waals surface area contributed by atoms with E-state index in [1.54, 1.807) is 4.68 Å². The molecule has 1 unspecified atom stereocenters. The summed E-state index contributed by atoms with van der Waals surface area (Å²) >= 11 is 0. The van der Waals surface area contributed by atoms with E-state index in [-0.39, 0.29) is 12.6 Å². The first-order valence-electron chi connectivity index (χ1n) is 9.47. The molecule has 1 atom stereocenters. The molecule has 1 N–H and O–H groups in total. The summed E-state index contributed by atoms with van der Waals surface area (Å²) in [7, 11) is 0. The van der Waals surface area contributed by atoms with Crippen molar-refractivity contribution in [3.8, 4) is 11.6 Å². The zero-order chi connectivity index (χ0) is 17.8. The number of rotatable bonds is 7. The number of aliphatic hydroxyl groups is 1. The van der Waals surface area contributed by atoms with Crippen LogP contribution < -0.4 is 0 Å². The third-order valence-electron chi connectivity index (χ3n) is 4.82. The van der Waals surface area contributed by atoms with Crippen LogP contribution in [0.5, 0.6) is 0 Å². The summed E-state index contributed by atoms with van der Waals surface area (Å²) in [5.74, 6) is 3.71. The van der Waals surface area contributed by atoms with Crippen molar-refractivity contribution in [2.45, 2.75) is 59.0 Å². The third-order valence-corrected chi connectivity index (χ3v) is 4.82. The Morgan fingerprint density at radius 1 is 1.16 bits per heavy atom. The summed E-state index contributed by atoms with van der Waals surface area (Å²) in [6.45, 7) is 9.24. The Morgan fingerprint density at radius 2 is 1.92 bits per heavy atom. The standard InChI is InChI=1S/C19H30N4O2/c1-14(2)13-18-20-19(23(21-18)11-12-24)17-8-7-16(25-17)15(3)22-9-5-4-6-10-22/h7-8,14-15,24H,4-6,9-13H2,1-3H3. The summed E-state index contributed by atoms with van der Waals surface area (Å²) in [5, 5.41) is 13.9. The Labute approximate surface area is 149 Å². The number of aliphatic hydroxyl groups excluding tert-OH is 1. The van der Waals surface area contributed by atoms with Crippen molar-refractivity contribution in [1.82, 2.24) is 19.7 Å². The van der Waals surface area contributed by atoms with E-state index >= 15 is 0 Å². The third kappa shape index (κ3) is 4.30. The monoisotopic (exact) mass is 346 g/mol. The molecule has 1 aliphatic heterocycles. The van der Waals surface area contributed by atoms with Crippen LogP contribution in [0.15, 0.2) is 16.5 Å². The van der Waals surface area contributed by atoms with E-state index in [1.165, 1.54) is 19.3 Å². The van der Waals surface area contributed by atoms with Crippen LogP contribution in [-0.2, 0) is 13.0 Å². The lowest BCUT2D eigenvalue weighted by atomic mass is 10.1. The molecule has 0 saturated carbocycles. The quantitative estimate of drug-likeness (QED) is 0.833. The molecular formula is C19H30N4O2. The van der Waals surface area contributed by atoms with E-state index in [0.29, 0.717) is 18.3 Å². The number of hydrogen-bond acceptors (Lipinski definition) is 5. The van der Waals surface area contributed by atoms with Gasteiger partial charge in [-0.2, -0.15) is 5.10 Å². The molecule has 3 rings (SSSR count). The highest BCUT2D eigenvalue weighted by Crippen LogP contribution is 2.29. The minimum Gasteiger partial charge on any atom is -0.456 e. The van der Waals surface area contributed by atoms with E-state index in [9.17, 15) is 5.11 Å². The molecule has 0 bridgehead atoms. The van der Waals surface area contributed by atoms with Gasteiger partial charge < -0.3 is 9.52 Å². The summed E-state index contributed by atoms with van der Waals surface area (Å²) in [4.78, 5) is 7.14. The molecule has 0 aromatic carbocycles. The van der Waals surface area contributed by atoms with Crippen LogP contribution in [-0.4, -0.2) is 44.5 Å². The van der Waals surface area contributed by atoms with E-state index in [4.69, 9.17) is 4.42 Å². The predicted octanol–water partition coefficient (Wildman–Crippen LogP) is 3.28. The fraction of sp³-hybridized carbons (Fsp3) is 0.684. The van der Waals surface area contributed by atoms with Crippen LogP contribution in [0.3, 0.4) is 0 Å². The number of furan rings is 1. The number of nitrogens with zero attached hydrogens (tertiary/aromatic N) is 4. The van der Waals surface area contributed by atoms with Gasteiger partial charge in [0.1, 0.15) is 5.76 Å². The van der Waals surface area contributed by atoms with Crippen molar-refractivity contribution in [3.63, 3.8) is 0 Å². The summed E-state index contributed by atoms with van der Waals surface area (Å²) in [6.07, 6.45) is 4.68. The second kappa shape index (κ2) is 8.15. The van der Waals surface area contributed by atoms with E-state index in [2.05, 4.69) is 41.8 Å². The summed E-state index contributed by atoms with van der Waals surface area (Å²) in [6, 6.07) is 4.31. The topological polar surface area (TPSA) is 67.3 Å². The molecule has 6 nitrogen and oxygen atoms in total. The van der Waals surface area contributed by atoms with Gasteiger partial charge >= 0.3 is 0 Å². The van der Waals surface area contributed by atoms with Gasteiger partial charge in [-0.05, 0) is 50.9 Å². The number of aromatic nitrogens is 3. The molecule has 0 amide bonds. The Bertz CT molecular complexity index is 671. The maximum Gasteiger partial charge on any atom is 0.194 e. The van der Waals surface area contributed by atoms with Gasteiger partial charge in [0, 0.05) is 6.42 Å².